The minimum atomic E-state index is 1.03. The Balaban J connectivity index is 1.81. The predicted molar refractivity (Wildman–Crippen MR) is 118 cm³/mol. The van der Waals surface area contributed by atoms with Gasteiger partial charge < -0.3 is 0 Å². The van der Waals surface area contributed by atoms with Gasteiger partial charge >= 0.3 is 0 Å². The highest BCUT2D eigenvalue weighted by Gasteiger charge is 2.28. The molecule has 0 heterocycles. The van der Waals surface area contributed by atoms with Gasteiger partial charge in [0.25, 0.3) is 0 Å². The summed E-state index contributed by atoms with van der Waals surface area (Å²) in [5, 5.41) is 5.73. The molecular weight excluding hydrogens is 336 g/mol. The van der Waals surface area contributed by atoms with Crippen LogP contribution in [0.4, 0.5) is 0 Å². The summed E-state index contributed by atoms with van der Waals surface area (Å²) in [4.78, 5) is 0. The molecule has 7 rings (SSSR count). The third-order valence-electron chi connectivity index (χ3n) is 6.68. The zero-order chi connectivity index (χ0) is 18.2. The van der Waals surface area contributed by atoms with Gasteiger partial charge in [-0.05, 0) is 78.9 Å². The van der Waals surface area contributed by atoms with Gasteiger partial charge in [-0.1, -0.05) is 84.9 Å². The first-order chi connectivity index (χ1) is 13.9. The Morgan fingerprint density at radius 3 is 1.32 bits per heavy atom. The molecule has 0 bridgehead atoms. The van der Waals surface area contributed by atoms with Crippen LogP contribution in [0.1, 0.15) is 22.3 Å². The second-order valence-corrected chi connectivity index (χ2v) is 8.10. The van der Waals surface area contributed by atoms with Crippen molar-refractivity contribution in [2.75, 3.05) is 0 Å². The lowest BCUT2D eigenvalue weighted by atomic mass is 9.74. The van der Waals surface area contributed by atoms with Gasteiger partial charge in [-0.25, -0.2) is 0 Å². The van der Waals surface area contributed by atoms with Crippen LogP contribution in [0, 0.1) is 0 Å². The molecule has 130 valence electrons. The van der Waals surface area contributed by atoms with E-state index in [9.17, 15) is 0 Å². The average Bonchev–Trinajstić information content (AvgIpc) is 2.76. The summed E-state index contributed by atoms with van der Waals surface area (Å²) in [6.07, 6.45) is 2.05. The van der Waals surface area contributed by atoms with Crippen LogP contribution in [0.2, 0.25) is 0 Å². The Morgan fingerprint density at radius 1 is 0.393 bits per heavy atom. The number of fused-ring (bicyclic) bond motifs is 7. The smallest absolute Gasteiger partial charge is 0.00132 e. The minimum absolute atomic E-state index is 1.03. The quantitative estimate of drug-likeness (QED) is 0.254. The zero-order valence-electron chi connectivity index (χ0n) is 15.5. The van der Waals surface area contributed by atoms with Gasteiger partial charge in [0.2, 0.25) is 0 Å². The summed E-state index contributed by atoms with van der Waals surface area (Å²) in [6, 6.07) is 31.7. The Hall–Kier alpha value is -3.38. The highest BCUT2D eigenvalue weighted by atomic mass is 14.3. The molecule has 0 amide bonds. The second kappa shape index (κ2) is 5.11. The lowest BCUT2D eigenvalue weighted by molar-refractivity contribution is 1.16. The van der Waals surface area contributed by atoms with Gasteiger partial charge in [-0.3, -0.25) is 0 Å². The molecule has 5 aromatic rings. The molecule has 2 aliphatic rings. The van der Waals surface area contributed by atoms with Crippen molar-refractivity contribution in [3.8, 4) is 22.3 Å². The van der Waals surface area contributed by atoms with Crippen LogP contribution in [0.25, 0.3) is 43.8 Å². The van der Waals surface area contributed by atoms with Gasteiger partial charge in [0.1, 0.15) is 0 Å². The summed E-state index contributed by atoms with van der Waals surface area (Å²) in [6.45, 7) is 0. The standard InChI is InChI=1S/C28H18/c1-3-9-21-17(7-1)15-19-13-14-20-16-18-8-2-4-10-22(18)28-24-12-6-5-11-23(24)27(21)25(19)26(20)28/h1-14H,15-16H2. The summed E-state index contributed by atoms with van der Waals surface area (Å²) >= 11 is 0. The Morgan fingerprint density at radius 2 is 0.821 bits per heavy atom. The molecule has 2 aliphatic carbocycles. The van der Waals surface area contributed by atoms with Gasteiger partial charge in [0.15, 0.2) is 0 Å². The van der Waals surface area contributed by atoms with Crippen LogP contribution in [-0.2, 0) is 12.8 Å². The number of benzene rings is 5. The molecule has 0 radical (unpaired) electrons. The van der Waals surface area contributed by atoms with Crippen molar-refractivity contribution < 1.29 is 0 Å². The SMILES string of the molecule is c1ccc2c(c1)Cc1ccc3c4c(c5ccccc5c-2c14)-c1ccccc1C3. The van der Waals surface area contributed by atoms with Crippen molar-refractivity contribution in [3.63, 3.8) is 0 Å². The monoisotopic (exact) mass is 354 g/mol. The van der Waals surface area contributed by atoms with E-state index in [1.165, 1.54) is 66.1 Å². The third kappa shape index (κ3) is 1.71. The lowest BCUT2D eigenvalue weighted by Crippen LogP contribution is -2.08. The van der Waals surface area contributed by atoms with Gasteiger partial charge in [0, 0.05) is 0 Å². The molecule has 5 aromatic carbocycles. The predicted octanol–water partition coefficient (Wildman–Crippen LogP) is 7.14. The van der Waals surface area contributed by atoms with E-state index in [1.54, 1.807) is 0 Å². The molecule has 28 heavy (non-hydrogen) atoms. The zero-order valence-corrected chi connectivity index (χ0v) is 15.5. The number of rotatable bonds is 0. The van der Waals surface area contributed by atoms with Crippen LogP contribution >= 0.6 is 0 Å². The molecule has 0 atom stereocenters. The normalized spacial score (nSPS) is 13.4. The van der Waals surface area contributed by atoms with Gasteiger partial charge in [-0.2, -0.15) is 0 Å². The van der Waals surface area contributed by atoms with Crippen LogP contribution in [0.15, 0.2) is 84.9 Å². The molecule has 0 aromatic heterocycles. The van der Waals surface area contributed by atoms with Gasteiger partial charge in [-0.15, -0.1) is 0 Å². The van der Waals surface area contributed by atoms with E-state index in [0.717, 1.165) is 12.8 Å². The fourth-order valence-corrected chi connectivity index (χ4v) is 5.55. The van der Waals surface area contributed by atoms with Crippen molar-refractivity contribution in [2.24, 2.45) is 0 Å². The van der Waals surface area contributed by atoms with Crippen LogP contribution < -0.4 is 0 Å². The molecular formula is C28H18. The maximum absolute atomic E-state index is 2.38. The largest absolute Gasteiger partial charge is 0.0619 e. The van der Waals surface area contributed by atoms with E-state index in [2.05, 4.69) is 84.9 Å². The minimum Gasteiger partial charge on any atom is -0.0619 e. The van der Waals surface area contributed by atoms with Crippen LogP contribution in [0.5, 0.6) is 0 Å². The highest BCUT2D eigenvalue weighted by Crippen LogP contribution is 2.51. The molecule has 0 heteroatoms. The maximum Gasteiger partial charge on any atom is -0.00132 e. The van der Waals surface area contributed by atoms with Crippen LogP contribution in [-0.4, -0.2) is 0 Å². The molecule has 0 nitrogen and oxygen atoms in total. The Labute approximate surface area is 164 Å². The molecule has 0 saturated heterocycles. The Bertz CT molecular complexity index is 1340. The molecule has 0 spiro atoms. The summed E-state index contributed by atoms with van der Waals surface area (Å²) in [5.41, 5.74) is 11.5. The fraction of sp³-hybridized carbons (Fsp3) is 0.0714. The maximum atomic E-state index is 2.38. The third-order valence-corrected chi connectivity index (χ3v) is 6.68. The van der Waals surface area contributed by atoms with Crippen molar-refractivity contribution in [3.05, 3.63) is 107 Å². The molecule has 0 saturated carbocycles. The second-order valence-electron chi connectivity index (χ2n) is 8.10. The highest BCUT2D eigenvalue weighted by molar-refractivity contribution is 6.24. The number of hydrogen-bond donors (Lipinski definition) is 0. The summed E-state index contributed by atoms with van der Waals surface area (Å²) in [7, 11) is 0. The van der Waals surface area contributed by atoms with E-state index in [0.29, 0.717) is 0 Å². The first-order valence-corrected chi connectivity index (χ1v) is 10.1. The van der Waals surface area contributed by atoms with E-state index in [4.69, 9.17) is 0 Å². The Kier molecular flexibility index (Phi) is 2.67. The van der Waals surface area contributed by atoms with Gasteiger partial charge in [0.05, 0.1) is 0 Å². The van der Waals surface area contributed by atoms with Crippen molar-refractivity contribution in [2.45, 2.75) is 12.8 Å². The van der Waals surface area contributed by atoms with Crippen molar-refractivity contribution >= 4 is 21.5 Å². The first-order valence-electron chi connectivity index (χ1n) is 10.1. The van der Waals surface area contributed by atoms with Crippen molar-refractivity contribution in [1.82, 2.24) is 0 Å². The molecule has 0 N–H and O–H groups in total. The topological polar surface area (TPSA) is 0 Å². The molecule has 0 fully saturated rings. The van der Waals surface area contributed by atoms with E-state index < -0.39 is 0 Å². The lowest BCUT2D eigenvalue weighted by Gasteiger charge is -2.29. The summed E-state index contributed by atoms with van der Waals surface area (Å²) < 4.78 is 0. The average molecular weight is 354 g/mol. The summed E-state index contributed by atoms with van der Waals surface area (Å²) in [5.74, 6) is 0. The molecule has 0 aliphatic heterocycles. The van der Waals surface area contributed by atoms with E-state index in [1.807, 2.05) is 0 Å². The first kappa shape index (κ1) is 14.6. The fourth-order valence-electron chi connectivity index (χ4n) is 5.55. The van der Waals surface area contributed by atoms with Crippen LogP contribution in [0.3, 0.4) is 0 Å². The van der Waals surface area contributed by atoms with Crippen molar-refractivity contribution in [1.29, 1.82) is 0 Å². The van der Waals surface area contributed by atoms with E-state index in [-0.39, 0.29) is 0 Å². The van der Waals surface area contributed by atoms with E-state index >= 15 is 0 Å². The molecule has 0 unspecified atom stereocenters. The number of hydrogen-bond acceptors (Lipinski definition) is 0.